The molecule has 0 saturated heterocycles. The van der Waals surface area contributed by atoms with Crippen molar-refractivity contribution in [1.29, 1.82) is 5.26 Å². The van der Waals surface area contributed by atoms with E-state index in [1.807, 2.05) is 0 Å². The Balaban J connectivity index is 1.72. The molecule has 0 atom stereocenters. The maximum absolute atomic E-state index is 12.9. The van der Waals surface area contributed by atoms with Crippen LogP contribution in [0.5, 0.6) is 11.5 Å². The number of hydrogen-bond donors (Lipinski definition) is 0. The van der Waals surface area contributed by atoms with Gasteiger partial charge in [0.05, 0.1) is 21.4 Å². The second kappa shape index (κ2) is 6.59. The number of allylic oxidation sites excluding steroid dienone is 1. The summed E-state index contributed by atoms with van der Waals surface area (Å²) in [6.07, 6.45) is -2.81. The lowest BCUT2D eigenvalue weighted by Crippen LogP contribution is -2.15. The fourth-order valence-electron chi connectivity index (χ4n) is 2.68. The third kappa shape index (κ3) is 3.46. The van der Waals surface area contributed by atoms with Crippen LogP contribution in [0, 0.1) is 11.3 Å². The molecule has 0 aliphatic carbocycles. The van der Waals surface area contributed by atoms with Gasteiger partial charge in [-0.05, 0) is 42.0 Å². The van der Waals surface area contributed by atoms with Crippen molar-refractivity contribution in [2.75, 3.05) is 13.2 Å². The predicted octanol–water partition coefficient (Wildman–Crippen LogP) is 5.15. The number of fused-ring (bicyclic) bond motifs is 2. The van der Waals surface area contributed by atoms with E-state index in [0.29, 0.717) is 40.0 Å². The quantitative estimate of drug-likeness (QED) is 0.570. The van der Waals surface area contributed by atoms with E-state index in [0.717, 1.165) is 12.1 Å². The first-order valence-corrected chi connectivity index (χ1v) is 8.75. The SMILES string of the molecule is N#C/C(=C\c1ccc2c(c1)OCCO2)c1nc2cc(C(F)(F)F)ccc2s1. The summed E-state index contributed by atoms with van der Waals surface area (Å²) in [5, 5.41) is 9.86. The zero-order valence-electron chi connectivity index (χ0n) is 13.7. The van der Waals surface area contributed by atoms with E-state index in [2.05, 4.69) is 11.1 Å². The van der Waals surface area contributed by atoms with Gasteiger partial charge in [-0.3, -0.25) is 0 Å². The fourth-order valence-corrected chi connectivity index (χ4v) is 3.59. The van der Waals surface area contributed by atoms with Crippen molar-refractivity contribution in [3.05, 3.63) is 52.5 Å². The number of alkyl halides is 3. The van der Waals surface area contributed by atoms with E-state index in [9.17, 15) is 18.4 Å². The van der Waals surface area contributed by atoms with Gasteiger partial charge in [0.1, 0.15) is 24.3 Å². The Morgan fingerprint density at radius 1 is 1.11 bits per heavy atom. The van der Waals surface area contributed by atoms with Crippen LogP contribution < -0.4 is 9.47 Å². The average Bonchev–Trinajstić information content (AvgIpc) is 3.08. The second-order valence-corrected chi connectivity index (χ2v) is 6.80. The molecule has 0 fully saturated rings. The molecular weight excluding hydrogens is 377 g/mol. The summed E-state index contributed by atoms with van der Waals surface area (Å²) in [5.74, 6) is 1.22. The largest absolute Gasteiger partial charge is 0.486 e. The minimum atomic E-state index is -4.43. The van der Waals surface area contributed by atoms with E-state index >= 15 is 0 Å². The number of rotatable bonds is 2. The molecule has 2 aromatic carbocycles. The Morgan fingerprint density at radius 3 is 2.63 bits per heavy atom. The first-order chi connectivity index (χ1) is 12.9. The van der Waals surface area contributed by atoms with Gasteiger partial charge in [0.2, 0.25) is 0 Å². The topological polar surface area (TPSA) is 55.1 Å². The molecular formula is C19H11F3N2O2S. The van der Waals surface area contributed by atoms with Crippen LogP contribution in [0.1, 0.15) is 16.1 Å². The lowest BCUT2D eigenvalue weighted by molar-refractivity contribution is -0.137. The summed E-state index contributed by atoms with van der Waals surface area (Å²) in [6, 6.07) is 10.7. The molecule has 0 bridgehead atoms. The highest BCUT2D eigenvalue weighted by molar-refractivity contribution is 7.19. The smallest absolute Gasteiger partial charge is 0.416 e. The molecule has 0 N–H and O–H groups in total. The van der Waals surface area contributed by atoms with Gasteiger partial charge in [0.15, 0.2) is 11.5 Å². The summed E-state index contributed by atoms with van der Waals surface area (Å²) < 4.78 is 50.2. The van der Waals surface area contributed by atoms with Crippen molar-refractivity contribution in [3.63, 3.8) is 0 Å². The van der Waals surface area contributed by atoms with Crippen LogP contribution in [0.3, 0.4) is 0 Å². The van der Waals surface area contributed by atoms with Crippen LogP contribution in [-0.2, 0) is 6.18 Å². The highest BCUT2D eigenvalue weighted by Crippen LogP contribution is 2.35. The molecule has 0 spiro atoms. The van der Waals surface area contributed by atoms with Gasteiger partial charge in [-0.15, -0.1) is 11.3 Å². The number of aromatic nitrogens is 1. The average molecular weight is 388 g/mol. The Bertz CT molecular complexity index is 1100. The number of halogens is 3. The van der Waals surface area contributed by atoms with Gasteiger partial charge < -0.3 is 9.47 Å². The maximum atomic E-state index is 12.9. The number of nitrogens with zero attached hydrogens (tertiary/aromatic N) is 2. The molecule has 1 aromatic heterocycles. The minimum absolute atomic E-state index is 0.216. The Hall–Kier alpha value is -3.05. The lowest BCUT2D eigenvalue weighted by Gasteiger charge is -2.18. The van der Waals surface area contributed by atoms with Gasteiger partial charge in [0.25, 0.3) is 0 Å². The van der Waals surface area contributed by atoms with E-state index in [1.165, 1.54) is 17.4 Å². The van der Waals surface area contributed by atoms with Gasteiger partial charge in [0, 0.05) is 0 Å². The molecule has 0 saturated carbocycles. The van der Waals surface area contributed by atoms with E-state index in [4.69, 9.17) is 9.47 Å². The summed E-state index contributed by atoms with van der Waals surface area (Å²) in [4.78, 5) is 4.21. The van der Waals surface area contributed by atoms with Crippen LogP contribution in [0.15, 0.2) is 36.4 Å². The molecule has 0 radical (unpaired) electrons. The van der Waals surface area contributed by atoms with Crippen molar-refractivity contribution in [3.8, 4) is 17.6 Å². The first kappa shape index (κ1) is 17.4. The number of ether oxygens (including phenoxy) is 2. The molecule has 27 heavy (non-hydrogen) atoms. The van der Waals surface area contributed by atoms with Crippen molar-refractivity contribution < 1.29 is 22.6 Å². The van der Waals surface area contributed by atoms with Crippen LogP contribution in [-0.4, -0.2) is 18.2 Å². The number of nitriles is 1. The zero-order chi connectivity index (χ0) is 19.0. The summed E-state index contributed by atoms with van der Waals surface area (Å²) in [5.41, 5.74) is 0.432. The standard InChI is InChI=1S/C19H11F3N2O2S/c20-19(21,22)13-2-4-17-14(9-13)24-18(27-17)12(10-23)7-11-1-3-15-16(8-11)26-6-5-25-15/h1-4,7-9H,5-6H2/b12-7+. The molecule has 136 valence electrons. The van der Waals surface area contributed by atoms with Gasteiger partial charge in [-0.25, -0.2) is 4.98 Å². The molecule has 8 heteroatoms. The molecule has 4 nitrogen and oxygen atoms in total. The summed E-state index contributed by atoms with van der Waals surface area (Å²) >= 11 is 1.17. The lowest BCUT2D eigenvalue weighted by atomic mass is 10.1. The minimum Gasteiger partial charge on any atom is -0.486 e. The van der Waals surface area contributed by atoms with Crippen molar-refractivity contribution in [1.82, 2.24) is 4.98 Å². The fraction of sp³-hybridized carbons (Fsp3) is 0.158. The van der Waals surface area contributed by atoms with E-state index in [-0.39, 0.29) is 11.1 Å². The van der Waals surface area contributed by atoms with Crippen LogP contribution >= 0.6 is 11.3 Å². The third-order valence-electron chi connectivity index (χ3n) is 3.94. The Kier molecular flexibility index (Phi) is 4.24. The maximum Gasteiger partial charge on any atom is 0.416 e. The summed E-state index contributed by atoms with van der Waals surface area (Å²) in [6.45, 7) is 0.932. The van der Waals surface area contributed by atoms with Crippen LogP contribution in [0.25, 0.3) is 21.9 Å². The molecule has 1 aliphatic rings. The second-order valence-electron chi connectivity index (χ2n) is 5.77. The van der Waals surface area contributed by atoms with Gasteiger partial charge >= 0.3 is 6.18 Å². The molecule has 2 heterocycles. The number of thiazole rings is 1. The molecule has 0 unspecified atom stereocenters. The van der Waals surface area contributed by atoms with Crippen molar-refractivity contribution in [2.45, 2.75) is 6.18 Å². The van der Waals surface area contributed by atoms with E-state index < -0.39 is 11.7 Å². The van der Waals surface area contributed by atoms with Crippen LogP contribution in [0.2, 0.25) is 0 Å². The Morgan fingerprint density at radius 2 is 1.89 bits per heavy atom. The normalized spacial score (nSPS) is 14.2. The van der Waals surface area contributed by atoms with Crippen LogP contribution in [0.4, 0.5) is 13.2 Å². The highest BCUT2D eigenvalue weighted by Gasteiger charge is 2.30. The van der Waals surface area contributed by atoms with Gasteiger partial charge in [-0.1, -0.05) is 6.07 Å². The van der Waals surface area contributed by atoms with Crippen molar-refractivity contribution >= 4 is 33.2 Å². The predicted molar refractivity (Wildman–Crippen MR) is 95.5 cm³/mol. The molecule has 0 amide bonds. The molecule has 3 aromatic rings. The number of benzene rings is 2. The highest BCUT2D eigenvalue weighted by atomic mass is 32.1. The third-order valence-corrected chi connectivity index (χ3v) is 5.01. The van der Waals surface area contributed by atoms with Gasteiger partial charge in [-0.2, -0.15) is 18.4 Å². The molecule has 1 aliphatic heterocycles. The molecule has 4 rings (SSSR count). The monoisotopic (exact) mass is 388 g/mol. The van der Waals surface area contributed by atoms with Crippen molar-refractivity contribution in [2.24, 2.45) is 0 Å². The summed E-state index contributed by atoms with van der Waals surface area (Å²) in [7, 11) is 0. The Labute approximate surface area is 156 Å². The zero-order valence-corrected chi connectivity index (χ0v) is 14.5. The first-order valence-electron chi connectivity index (χ1n) is 7.94. The van der Waals surface area contributed by atoms with E-state index in [1.54, 1.807) is 24.3 Å². The number of hydrogen-bond acceptors (Lipinski definition) is 5.